The Balaban J connectivity index is 1.31. The lowest BCUT2D eigenvalue weighted by Gasteiger charge is -2.36. The van der Waals surface area contributed by atoms with Crippen LogP contribution in [0.5, 0.6) is 5.75 Å². The Hall–Kier alpha value is -2.13. The van der Waals surface area contributed by atoms with Crippen molar-refractivity contribution in [1.82, 2.24) is 9.21 Å². The van der Waals surface area contributed by atoms with Crippen molar-refractivity contribution in [1.29, 1.82) is 0 Å². The quantitative estimate of drug-likeness (QED) is 0.755. The Morgan fingerprint density at radius 1 is 0.967 bits per heavy atom. The number of piperazine rings is 1. The van der Waals surface area contributed by atoms with Crippen LogP contribution in [0.3, 0.4) is 0 Å². The number of phenolic OH excluding ortho intramolecular Hbond substituents is 1. The molecule has 0 aliphatic carbocycles. The molecular formula is C21H24ClN3O4S. The molecular weight excluding hydrogens is 426 g/mol. The average Bonchev–Trinajstić information content (AvgIpc) is 2.73. The first kappa shape index (κ1) is 21.1. The summed E-state index contributed by atoms with van der Waals surface area (Å²) in [6, 6.07) is 11.7. The minimum absolute atomic E-state index is 0.00811. The monoisotopic (exact) mass is 449 g/mol. The lowest BCUT2D eigenvalue weighted by atomic mass is 10.1. The van der Waals surface area contributed by atoms with E-state index in [-0.39, 0.29) is 33.6 Å². The third kappa shape index (κ3) is 4.18. The molecule has 0 radical (unpaired) electrons. The van der Waals surface area contributed by atoms with Gasteiger partial charge in [-0.15, -0.1) is 0 Å². The van der Waals surface area contributed by atoms with E-state index < -0.39 is 10.0 Å². The molecule has 1 fully saturated rings. The number of Topliss-reactive ketones (excluding diaryl/α,β-unsaturated/α-hetero) is 1. The van der Waals surface area contributed by atoms with Gasteiger partial charge < -0.3 is 10.0 Å². The van der Waals surface area contributed by atoms with Gasteiger partial charge >= 0.3 is 0 Å². The molecule has 0 amide bonds. The van der Waals surface area contributed by atoms with Gasteiger partial charge in [-0.2, -0.15) is 4.31 Å². The summed E-state index contributed by atoms with van der Waals surface area (Å²) in [6.07, 6.45) is 0.654. The fraction of sp³-hybridized carbons (Fsp3) is 0.381. The highest BCUT2D eigenvalue weighted by atomic mass is 35.5. The summed E-state index contributed by atoms with van der Waals surface area (Å²) < 4.78 is 27.0. The third-order valence-electron chi connectivity index (χ3n) is 5.66. The van der Waals surface area contributed by atoms with E-state index >= 15 is 0 Å². The normalized spacial score (nSPS) is 19.6. The number of carbonyl (C=O) groups is 1. The summed E-state index contributed by atoms with van der Waals surface area (Å²) in [5.74, 6) is 0.00126. The van der Waals surface area contributed by atoms with Crippen LogP contribution in [0.15, 0.2) is 47.4 Å². The average molecular weight is 450 g/mol. The Kier molecular flexibility index (Phi) is 6.02. The van der Waals surface area contributed by atoms with E-state index in [2.05, 4.69) is 9.80 Å². The number of sulfonamides is 1. The van der Waals surface area contributed by atoms with Crippen LogP contribution < -0.4 is 4.90 Å². The number of hydrogen-bond donors (Lipinski definition) is 1. The van der Waals surface area contributed by atoms with Crippen molar-refractivity contribution >= 4 is 33.1 Å². The van der Waals surface area contributed by atoms with Crippen LogP contribution in [0.4, 0.5) is 5.69 Å². The van der Waals surface area contributed by atoms with Gasteiger partial charge in [0.1, 0.15) is 5.75 Å². The van der Waals surface area contributed by atoms with Crippen molar-refractivity contribution in [3.8, 4) is 5.75 Å². The van der Waals surface area contributed by atoms with Crippen LogP contribution in [0.25, 0.3) is 0 Å². The van der Waals surface area contributed by atoms with Gasteiger partial charge in [0.15, 0.2) is 5.78 Å². The van der Waals surface area contributed by atoms with Crippen molar-refractivity contribution in [2.24, 2.45) is 0 Å². The molecule has 9 heteroatoms. The summed E-state index contributed by atoms with van der Waals surface area (Å²) in [5.41, 5.74) is 1.20. The Bertz CT molecular complexity index is 1030. The molecule has 2 aromatic carbocycles. The number of rotatable bonds is 5. The molecule has 30 heavy (non-hydrogen) atoms. The molecule has 4 rings (SSSR count). The van der Waals surface area contributed by atoms with Crippen LogP contribution >= 0.6 is 11.6 Å². The summed E-state index contributed by atoms with van der Waals surface area (Å²) in [4.78, 5) is 17.0. The Morgan fingerprint density at radius 3 is 2.37 bits per heavy atom. The van der Waals surface area contributed by atoms with Gasteiger partial charge in [0.2, 0.25) is 10.0 Å². The molecule has 1 saturated heterocycles. The zero-order valence-electron chi connectivity index (χ0n) is 16.5. The number of ketones is 1. The van der Waals surface area contributed by atoms with E-state index in [1.165, 1.54) is 10.4 Å². The SMILES string of the molecule is O=C1CN(CCCN2CCN(c3ccc(O)cc3)CC2)S(=O)(=O)c2cccc(Cl)c21. The molecule has 0 saturated carbocycles. The minimum atomic E-state index is -3.71. The Morgan fingerprint density at radius 2 is 1.67 bits per heavy atom. The zero-order chi connectivity index (χ0) is 21.3. The molecule has 2 aromatic rings. The van der Waals surface area contributed by atoms with Crippen LogP contribution in [-0.2, 0) is 10.0 Å². The molecule has 2 aliphatic heterocycles. The maximum absolute atomic E-state index is 12.9. The third-order valence-corrected chi connectivity index (χ3v) is 7.86. The smallest absolute Gasteiger partial charge is 0.244 e. The molecule has 0 unspecified atom stereocenters. The second-order valence-corrected chi connectivity index (χ2v) is 9.89. The minimum Gasteiger partial charge on any atom is -0.508 e. The molecule has 2 aliphatic rings. The zero-order valence-corrected chi connectivity index (χ0v) is 18.1. The van der Waals surface area contributed by atoms with Crippen LogP contribution in [0, 0.1) is 0 Å². The number of aromatic hydroxyl groups is 1. The number of halogens is 1. The largest absolute Gasteiger partial charge is 0.508 e. The fourth-order valence-corrected chi connectivity index (χ4v) is 6.02. The fourth-order valence-electron chi connectivity index (χ4n) is 4.02. The molecule has 0 bridgehead atoms. The van der Waals surface area contributed by atoms with E-state index in [0.717, 1.165) is 38.4 Å². The standard InChI is InChI=1S/C21H24ClN3O4S/c22-18-3-1-4-20-21(18)19(27)15-25(30(20,28)29)10-2-9-23-11-13-24(14-12-23)16-5-7-17(26)8-6-16/h1,3-8,26H,2,9-15H2. The van der Waals surface area contributed by atoms with Gasteiger partial charge in [-0.3, -0.25) is 9.69 Å². The molecule has 0 spiro atoms. The predicted molar refractivity (Wildman–Crippen MR) is 116 cm³/mol. The van der Waals surface area contributed by atoms with Gasteiger partial charge in [-0.05, 0) is 49.4 Å². The van der Waals surface area contributed by atoms with Gasteiger partial charge in [0.25, 0.3) is 0 Å². The molecule has 0 atom stereocenters. The highest BCUT2D eigenvalue weighted by molar-refractivity contribution is 7.89. The second kappa shape index (κ2) is 8.55. The van der Waals surface area contributed by atoms with Gasteiger partial charge in [0, 0.05) is 38.4 Å². The van der Waals surface area contributed by atoms with Crippen molar-refractivity contribution < 1.29 is 18.3 Å². The van der Waals surface area contributed by atoms with Crippen LogP contribution in [0.1, 0.15) is 16.8 Å². The number of anilines is 1. The second-order valence-electron chi connectivity index (χ2n) is 7.57. The van der Waals surface area contributed by atoms with E-state index in [9.17, 15) is 18.3 Å². The van der Waals surface area contributed by atoms with Crippen LogP contribution in [0.2, 0.25) is 5.02 Å². The summed E-state index contributed by atoms with van der Waals surface area (Å²) in [7, 11) is -3.71. The first-order valence-corrected chi connectivity index (χ1v) is 11.8. The lowest BCUT2D eigenvalue weighted by Crippen LogP contribution is -2.47. The molecule has 7 nitrogen and oxygen atoms in total. The summed E-state index contributed by atoms with van der Waals surface area (Å²) >= 11 is 6.05. The molecule has 160 valence electrons. The maximum atomic E-state index is 12.9. The number of carbonyl (C=O) groups excluding carboxylic acids is 1. The van der Waals surface area contributed by atoms with Gasteiger partial charge in [-0.1, -0.05) is 17.7 Å². The van der Waals surface area contributed by atoms with Crippen molar-refractivity contribution in [3.05, 3.63) is 53.1 Å². The van der Waals surface area contributed by atoms with Crippen molar-refractivity contribution in [2.75, 3.05) is 50.7 Å². The highest BCUT2D eigenvalue weighted by Gasteiger charge is 2.37. The van der Waals surface area contributed by atoms with Gasteiger partial charge in [-0.25, -0.2) is 8.42 Å². The van der Waals surface area contributed by atoms with E-state index in [1.54, 1.807) is 24.3 Å². The lowest BCUT2D eigenvalue weighted by molar-refractivity contribution is 0.0954. The molecule has 0 aromatic heterocycles. The molecule has 2 heterocycles. The molecule has 1 N–H and O–H groups in total. The van der Waals surface area contributed by atoms with Crippen molar-refractivity contribution in [2.45, 2.75) is 11.3 Å². The summed E-state index contributed by atoms with van der Waals surface area (Å²) in [5, 5.41) is 9.61. The topological polar surface area (TPSA) is 81.2 Å². The Labute approximate surface area is 181 Å². The van der Waals surface area contributed by atoms with E-state index in [1.807, 2.05) is 12.1 Å². The number of phenols is 1. The number of nitrogens with zero attached hydrogens (tertiary/aromatic N) is 3. The first-order chi connectivity index (χ1) is 14.4. The van der Waals surface area contributed by atoms with Gasteiger partial charge in [0.05, 0.1) is 22.0 Å². The predicted octanol–water partition coefficient (Wildman–Crippen LogP) is 2.44. The number of fused-ring (bicyclic) bond motifs is 1. The number of benzene rings is 2. The highest BCUT2D eigenvalue weighted by Crippen LogP contribution is 2.31. The van der Waals surface area contributed by atoms with Crippen LogP contribution in [-0.4, -0.2) is 74.3 Å². The van der Waals surface area contributed by atoms with E-state index in [0.29, 0.717) is 13.0 Å². The van der Waals surface area contributed by atoms with E-state index in [4.69, 9.17) is 11.6 Å². The number of hydrogen-bond acceptors (Lipinski definition) is 6. The maximum Gasteiger partial charge on any atom is 0.244 e. The summed E-state index contributed by atoms with van der Waals surface area (Å²) in [6.45, 7) is 4.42. The first-order valence-electron chi connectivity index (χ1n) is 9.94. The van der Waals surface area contributed by atoms with Crippen molar-refractivity contribution in [3.63, 3.8) is 0 Å².